The molecule has 19 heavy (non-hydrogen) atoms. The Morgan fingerprint density at radius 3 is 2.53 bits per heavy atom. The minimum absolute atomic E-state index is 0.331. The van der Waals surface area contributed by atoms with Gasteiger partial charge in [-0.1, -0.05) is 18.2 Å². The van der Waals surface area contributed by atoms with E-state index in [1.165, 1.54) is 57.6 Å². The molecule has 3 heteroatoms. The van der Waals surface area contributed by atoms with Crippen LogP contribution in [-0.2, 0) is 0 Å². The molecule has 0 aromatic rings. The van der Waals surface area contributed by atoms with Crippen LogP contribution in [0, 0.1) is 5.92 Å². The lowest BCUT2D eigenvalue weighted by Gasteiger charge is -2.31. The summed E-state index contributed by atoms with van der Waals surface area (Å²) in [7, 11) is 0. The first-order chi connectivity index (χ1) is 9.19. The second-order valence-corrected chi connectivity index (χ2v) is 6.33. The average Bonchev–Trinajstić information content (AvgIpc) is 2.42. The van der Waals surface area contributed by atoms with Gasteiger partial charge < -0.3 is 14.9 Å². The first kappa shape index (κ1) is 14.8. The van der Waals surface area contributed by atoms with Crippen LogP contribution < -0.4 is 9.80 Å². The van der Waals surface area contributed by atoms with Crippen LogP contribution in [0.25, 0.3) is 0 Å². The maximum atomic E-state index is 8.97. The molecule has 3 nitrogen and oxygen atoms in total. The third kappa shape index (κ3) is 4.44. The van der Waals surface area contributed by atoms with Crippen LogP contribution in [0.2, 0.25) is 0 Å². The zero-order valence-corrected chi connectivity index (χ0v) is 12.4. The molecule has 3 N–H and O–H groups in total. The zero-order valence-electron chi connectivity index (χ0n) is 12.4. The van der Waals surface area contributed by atoms with Gasteiger partial charge in [0.2, 0.25) is 0 Å². The number of hydrogen-bond acceptors (Lipinski definition) is 1. The summed E-state index contributed by atoms with van der Waals surface area (Å²) in [6, 6.07) is 0. The van der Waals surface area contributed by atoms with Crippen LogP contribution in [-0.4, -0.2) is 51.0 Å². The molecule has 0 amide bonds. The number of nitrogens with one attached hydrogen (secondary N) is 2. The van der Waals surface area contributed by atoms with Gasteiger partial charge in [0.25, 0.3) is 0 Å². The Labute approximate surface area is 117 Å². The normalized spacial score (nSPS) is 31.9. The minimum atomic E-state index is 0.331. The summed E-state index contributed by atoms with van der Waals surface area (Å²) in [6.07, 6.45) is 6.26. The van der Waals surface area contributed by atoms with Gasteiger partial charge >= 0.3 is 0 Å². The Morgan fingerprint density at radius 2 is 2.00 bits per heavy atom. The molecule has 0 aromatic carbocycles. The zero-order chi connectivity index (χ0) is 13.7. The van der Waals surface area contributed by atoms with E-state index in [1.807, 2.05) is 0 Å². The molecule has 1 fully saturated rings. The number of piperazine rings is 1. The highest BCUT2D eigenvalue weighted by Crippen LogP contribution is 2.27. The highest BCUT2D eigenvalue weighted by molar-refractivity contribution is 5.12. The van der Waals surface area contributed by atoms with Crippen LogP contribution >= 0.6 is 0 Å². The molecule has 0 aromatic heterocycles. The molecule has 1 aliphatic heterocycles. The monoisotopic (exact) mass is 266 g/mol. The third-order valence-corrected chi connectivity index (χ3v) is 4.81. The third-order valence-electron chi connectivity index (χ3n) is 4.81. The van der Waals surface area contributed by atoms with Gasteiger partial charge in [0, 0.05) is 0 Å². The Morgan fingerprint density at radius 1 is 1.32 bits per heavy atom. The van der Waals surface area contributed by atoms with Crippen molar-refractivity contribution in [1.82, 2.24) is 0 Å². The quantitative estimate of drug-likeness (QED) is 0.551. The molecule has 2 rings (SSSR count). The van der Waals surface area contributed by atoms with Crippen molar-refractivity contribution in [2.24, 2.45) is 5.92 Å². The Bertz CT molecular complexity index is 330. The summed E-state index contributed by atoms with van der Waals surface area (Å²) >= 11 is 0. The van der Waals surface area contributed by atoms with Crippen LogP contribution in [0.15, 0.2) is 23.8 Å². The Balaban J connectivity index is 1.73. The smallest absolute Gasteiger partial charge is 0.127 e. The minimum Gasteiger partial charge on any atom is -0.391 e. The van der Waals surface area contributed by atoms with Gasteiger partial charge in [-0.25, -0.2) is 0 Å². The van der Waals surface area contributed by atoms with E-state index in [4.69, 9.17) is 5.11 Å². The summed E-state index contributed by atoms with van der Waals surface area (Å²) in [5, 5.41) is 8.97. The van der Waals surface area contributed by atoms with E-state index < -0.39 is 0 Å². The molecular weight excluding hydrogens is 236 g/mol. The summed E-state index contributed by atoms with van der Waals surface area (Å²) in [5.41, 5.74) is 3.02. The average molecular weight is 266 g/mol. The molecule has 1 heterocycles. The summed E-state index contributed by atoms with van der Waals surface area (Å²) < 4.78 is 0. The fourth-order valence-corrected chi connectivity index (χ4v) is 3.36. The molecule has 1 atom stereocenters. The summed E-state index contributed by atoms with van der Waals surface area (Å²) in [5.74, 6) is 0.726. The summed E-state index contributed by atoms with van der Waals surface area (Å²) in [6.45, 7) is 13.7. The largest absolute Gasteiger partial charge is 0.391 e. The van der Waals surface area contributed by atoms with Crippen molar-refractivity contribution in [3.05, 3.63) is 23.8 Å². The SMILES string of the molecule is C=C(C)[C@@H]1CC=C(C[NH+]2CC[NH+](CCO)CC2)CC1. The molecule has 0 radical (unpaired) electrons. The Kier molecular flexibility index (Phi) is 5.61. The van der Waals surface area contributed by atoms with E-state index in [1.54, 1.807) is 15.4 Å². The lowest BCUT2D eigenvalue weighted by Crippen LogP contribution is -3.28. The first-order valence-electron chi connectivity index (χ1n) is 7.80. The number of rotatable bonds is 5. The second-order valence-electron chi connectivity index (χ2n) is 6.33. The van der Waals surface area contributed by atoms with Crippen LogP contribution in [0.5, 0.6) is 0 Å². The van der Waals surface area contributed by atoms with E-state index in [-0.39, 0.29) is 0 Å². The second kappa shape index (κ2) is 7.22. The fraction of sp³-hybridized carbons (Fsp3) is 0.750. The Hall–Kier alpha value is -0.640. The number of aliphatic hydroxyl groups is 1. The molecule has 108 valence electrons. The summed E-state index contributed by atoms with van der Waals surface area (Å²) in [4.78, 5) is 3.31. The highest BCUT2D eigenvalue weighted by Gasteiger charge is 2.24. The number of quaternary nitrogens is 2. The van der Waals surface area contributed by atoms with Crippen molar-refractivity contribution < 1.29 is 14.9 Å². The molecule has 0 unspecified atom stereocenters. The fourth-order valence-electron chi connectivity index (χ4n) is 3.36. The van der Waals surface area contributed by atoms with E-state index in [9.17, 15) is 0 Å². The van der Waals surface area contributed by atoms with E-state index in [0.717, 1.165) is 12.5 Å². The molecule has 0 bridgehead atoms. The lowest BCUT2D eigenvalue weighted by atomic mass is 9.85. The molecular formula is C16H30N2O+2. The predicted molar refractivity (Wildman–Crippen MR) is 78.5 cm³/mol. The maximum absolute atomic E-state index is 8.97. The van der Waals surface area contributed by atoms with Gasteiger partial charge in [-0.2, -0.15) is 0 Å². The van der Waals surface area contributed by atoms with Crippen molar-refractivity contribution in [3.63, 3.8) is 0 Å². The predicted octanol–water partition coefficient (Wildman–Crippen LogP) is -0.935. The van der Waals surface area contributed by atoms with Gasteiger partial charge in [0.1, 0.15) is 32.7 Å². The number of allylic oxidation sites excluding steroid dienone is 2. The van der Waals surface area contributed by atoms with Crippen molar-refractivity contribution in [1.29, 1.82) is 0 Å². The van der Waals surface area contributed by atoms with Gasteiger partial charge in [-0.15, -0.1) is 0 Å². The molecule has 0 spiro atoms. The van der Waals surface area contributed by atoms with Crippen LogP contribution in [0.1, 0.15) is 26.2 Å². The number of aliphatic hydroxyl groups excluding tert-OH is 1. The van der Waals surface area contributed by atoms with E-state index in [0.29, 0.717) is 6.61 Å². The van der Waals surface area contributed by atoms with Gasteiger partial charge in [-0.05, 0) is 37.7 Å². The first-order valence-corrected chi connectivity index (χ1v) is 7.80. The standard InChI is InChI=1S/C16H28N2O/c1-14(2)16-5-3-15(4-6-16)13-18-9-7-17(8-10-18)11-12-19/h3,16,19H,1,4-13H2,2H3/p+2/t16-/m1/s1. The molecule has 2 aliphatic rings. The van der Waals surface area contributed by atoms with E-state index in [2.05, 4.69) is 19.6 Å². The maximum Gasteiger partial charge on any atom is 0.127 e. The lowest BCUT2D eigenvalue weighted by molar-refractivity contribution is -1.01. The van der Waals surface area contributed by atoms with Crippen molar-refractivity contribution in [2.45, 2.75) is 26.2 Å². The van der Waals surface area contributed by atoms with Gasteiger partial charge in [-0.3, -0.25) is 0 Å². The van der Waals surface area contributed by atoms with Crippen molar-refractivity contribution in [3.8, 4) is 0 Å². The van der Waals surface area contributed by atoms with Gasteiger partial charge in [0.05, 0.1) is 13.2 Å². The molecule has 1 aliphatic carbocycles. The van der Waals surface area contributed by atoms with Crippen molar-refractivity contribution in [2.75, 3.05) is 45.9 Å². The topological polar surface area (TPSA) is 29.1 Å². The van der Waals surface area contributed by atoms with Crippen molar-refractivity contribution >= 4 is 0 Å². The molecule has 0 saturated carbocycles. The highest BCUT2D eigenvalue weighted by atomic mass is 16.3. The van der Waals surface area contributed by atoms with Crippen LogP contribution in [0.4, 0.5) is 0 Å². The number of hydrogen-bond donors (Lipinski definition) is 3. The van der Waals surface area contributed by atoms with Gasteiger partial charge in [0.15, 0.2) is 0 Å². The van der Waals surface area contributed by atoms with Crippen LogP contribution in [0.3, 0.4) is 0 Å². The van der Waals surface area contributed by atoms with E-state index >= 15 is 0 Å². The molecule has 1 saturated heterocycles.